The van der Waals surface area contributed by atoms with E-state index < -0.39 is 0 Å². The minimum absolute atomic E-state index is 0.0408. The van der Waals surface area contributed by atoms with E-state index in [1.54, 1.807) is 41.4 Å². The maximum atomic E-state index is 12.5. The number of carbonyl (C=O) groups excluding carboxylic acids is 1. The molecule has 4 heterocycles. The van der Waals surface area contributed by atoms with Gasteiger partial charge in [-0.1, -0.05) is 17.3 Å². The highest BCUT2D eigenvalue weighted by Crippen LogP contribution is 2.23. The van der Waals surface area contributed by atoms with Crippen LogP contribution < -0.4 is 0 Å². The smallest absolute Gasteiger partial charge is 0.280 e. The molecular formula is C18H20N6O3. The van der Waals surface area contributed by atoms with Gasteiger partial charge in [0.2, 0.25) is 5.91 Å². The molecule has 9 heteroatoms. The van der Waals surface area contributed by atoms with Gasteiger partial charge >= 0.3 is 0 Å². The van der Waals surface area contributed by atoms with Crippen molar-refractivity contribution in [2.75, 3.05) is 13.1 Å². The zero-order valence-electron chi connectivity index (χ0n) is 15.0. The van der Waals surface area contributed by atoms with Crippen molar-refractivity contribution in [3.63, 3.8) is 0 Å². The Hall–Kier alpha value is -3.23. The topological polar surface area (TPSA) is 103 Å². The van der Waals surface area contributed by atoms with Crippen molar-refractivity contribution in [2.45, 2.75) is 32.2 Å². The number of hydrogen-bond donors (Lipinski definition) is 0. The number of carbonyl (C=O) groups is 1. The van der Waals surface area contributed by atoms with Gasteiger partial charge in [0.25, 0.3) is 5.89 Å². The molecule has 4 rings (SSSR count). The molecule has 1 fully saturated rings. The molecule has 1 atom stereocenters. The Bertz CT molecular complexity index is 927. The Labute approximate surface area is 155 Å². The molecule has 9 nitrogen and oxygen atoms in total. The molecule has 0 spiro atoms. The second kappa shape index (κ2) is 7.56. The second-order valence-corrected chi connectivity index (χ2v) is 6.38. The van der Waals surface area contributed by atoms with Gasteiger partial charge in [0, 0.05) is 25.6 Å². The summed E-state index contributed by atoms with van der Waals surface area (Å²) in [5, 5.41) is 12.2. The summed E-state index contributed by atoms with van der Waals surface area (Å²) in [7, 11) is 0. The average Bonchev–Trinajstić information content (AvgIpc) is 3.47. The van der Waals surface area contributed by atoms with Crippen molar-refractivity contribution in [3.8, 4) is 11.6 Å². The van der Waals surface area contributed by atoms with E-state index >= 15 is 0 Å². The quantitative estimate of drug-likeness (QED) is 0.637. The Morgan fingerprint density at radius 3 is 3.15 bits per heavy atom. The van der Waals surface area contributed by atoms with Gasteiger partial charge < -0.3 is 13.8 Å². The highest BCUT2D eigenvalue weighted by Gasteiger charge is 2.25. The monoisotopic (exact) mass is 368 g/mol. The fourth-order valence-corrected chi connectivity index (χ4v) is 3.07. The minimum atomic E-state index is -0.0408. The molecule has 0 saturated carbocycles. The summed E-state index contributed by atoms with van der Waals surface area (Å²) in [5.41, 5.74) is 0.545. The van der Waals surface area contributed by atoms with E-state index in [9.17, 15) is 4.79 Å². The van der Waals surface area contributed by atoms with Crippen molar-refractivity contribution < 1.29 is 13.7 Å². The number of hydrogen-bond acceptors (Lipinski definition) is 7. The van der Waals surface area contributed by atoms with Gasteiger partial charge in [-0.3, -0.25) is 4.79 Å². The van der Waals surface area contributed by atoms with E-state index in [1.165, 1.54) is 0 Å². The number of piperidine rings is 1. The molecule has 1 saturated heterocycles. The number of furan rings is 1. The molecule has 1 amide bonds. The molecule has 0 aliphatic carbocycles. The Morgan fingerprint density at radius 2 is 2.37 bits per heavy atom. The summed E-state index contributed by atoms with van der Waals surface area (Å²) in [6, 6.07) is 3.66. The van der Waals surface area contributed by atoms with Crippen LogP contribution in [-0.4, -0.2) is 49.0 Å². The summed E-state index contributed by atoms with van der Waals surface area (Å²) in [5.74, 6) is 1.62. The lowest BCUT2D eigenvalue weighted by Crippen LogP contribution is -2.40. The number of rotatable bonds is 5. The number of nitrogens with zero attached hydrogens (tertiary/aromatic N) is 6. The second-order valence-electron chi connectivity index (χ2n) is 6.38. The normalized spacial score (nSPS) is 17.7. The first kappa shape index (κ1) is 17.2. The van der Waals surface area contributed by atoms with Gasteiger partial charge in [-0.05, 0) is 31.1 Å². The van der Waals surface area contributed by atoms with Gasteiger partial charge in [0.05, 0.1) is 18.5 Å². The Morgan fingerprint density at radius 1 is 1.44 bits per heavy atom. The average molecular weight is 368 g/mol. The number of aromatic nitrogens is 5. The molecule has 140 valence electrons. The third kappa shape index (κ3) is 3.81. The van der Waals surface area contributed by atoms with Crippen LogP contribution in [0.4, 0.5) is 0 Å². The van der Waals surface area contributed by atoms with Gasteiger partial charge in [0.1, 0.15) is 5.76 Å². The molecule has 27 heavy (non-hydrogen) atoms. The first-order chi connectivity index (χ1) is 13.2. The van der Waals surface area contributed by atoms with Crippen molar-refractivity contribution in [1.29, 1.82) is 0 Å². The lowest BCUT2D eigenvalue weighted by atomic mass is 10.1. The van der Waals surface area contributed by atoms with E-state index in [1.807, 2.05) is 11.8 Å². The van der Waals surface area contributed by atoms with E-state index in [0.717, 1.165) is 19.4 Å². The van der Waals surface area contributed by atoms with Crippen LogP contribution in [0.2, 0.25) is 0 Å². The first-order valence-corrected chi connectivity index (χ1v) is 8.98. The molecule has 0 bridgehead atoms. The minimum Gasteiger partial charge on any atom is -0.465 e. The Balaban J connectivity index is 1.43. The zero-order chi connectivity index (χ0) is 18.6. The van der Waals surface area contributed by atoms with Crippen LogP contribution in [0.5, 0.6) is 0 Å². The number of aryl methyl sites for hydroxylation is 1. The number of amides is 1. The molecule has 0 N–H and O–H groups in total. The van der Waals surface area contributed by atoms with Crippen molar-refractivity contribution in [2.24, 2.45) is 0 Å². The fourth-order valence-electron chi connectivity index (χ4n) is 3.07. The first-order valence-electron chi connectivity index (χ1n) is 8.98. The molecule has 1 aliphatic heterocycles. The maximum absolute atomic E-state index is 12.5. The summed E-state index contributed by atoms with van der Waals surface area (Å²) < 4.78 is 12.2. The zero-order valence-corrected chi connectivity index (χ0v) is 15.0. The summed E-state index contributed by atoms with van der Waals surface area (Å²) in [4.78, 5) is 18.5. The van der Waals surface area contributed by atoms with Crippen LogP contribution in [0.25, 0.3) is 17.7 Å². The molecule has 1 unspecified atom stereocenters. The summed E-state index contributed by atoms with van der Waals surface area (Å²) in [6.07, 6.45) is 9.13. The predicted octanol–water partition coefficient (Wildman–Crippen LogP) is 2.36. The van der Waals surface area contributed by atoms with Crippen LogP contribution >= 0.6 is 0 Å². The van der Waals surface area contributed by atoms with Gasteiger partial charge in [-0.15, -0.1) is 5.10 Å². The van der Waals surface area contributed by atoms with E-state index in [0.29, 0.717) is 36.1 Å². The Kier molecular flexibility index (Phi) is 4.82. The van der Waals surface area contributed by atoms with Crippen molar-refractivity contribution in [1.82, 2.24) is 30.0 Å². The van der Waals surface area contributed by atoms with Crippen LogP contribution in [0.3, 0.4) is 0 Å². The standard InChI is InChI=1S/C18H20N6O3/c1-2-16-19-18(27-21-16)15-12-24(22-20-15)13-5-3-9-23(11-13)17(25)8-7-14-6-4-10-26-14/h4,6-8,10,12-13H,2-3,5,9,11H2,1H3/b8-7+. The van der Waals surface area contributed by atoms with Crippen LogP contribution in [0.15, 0.2) is 39.6 Å². The fraction of sp³-hybridized carbons (Fsp3) is 0.389. The van der Waals surface area contributed by atoms with Crippen LogP contribution in [-0.2, 0) is 11.2 Å². The van der Waals surface area contributed by atoms with Gasteiger partial charge in [-0.25, -0.2) is 4.68 Å². The van der Waals surface area contributed by atoms with Crippen LogP contribution in [0, 0.1) is 0 Å². The highest BCUT2D eigenvalue weighted by molar-refractivity contribution is 5.91. The molecule has 3 aromatic heterocycles. The highest BCUT2D eigenvalue weighted by atomic mass is 16.5. The molecular weight excluding hydrogens is 348 g/mol. The predicted molar refractivity (Wildman–Crippen MR) is 95.3 cm³/mol. The molecule has 3 aromatic rings. The third-order valence-corrected chi connectivity index (χ3v) is 4.53. The summed E-state index contributed by atoms with van der Waals surface area (Å²) >= 11 is 0. The molecule has 0 radical (unpaired) electrons. The van der Waals surface area contributed by atoms with Crippen LogP contribution in [0.1, 0.15) is 37.4 Å². The third-order valence-electron chi connectivity index (χ3n) is 4.53. The molecule has 0 aromatic carbocycles. The van der Waals surface area contributed by atoms with Gasteiger partial charge in [-0.2, -0.15) is 4.98 Å². The SMILES string of the molecule is CCc1noc(-c2cn(C3CCCN(C(=O)/C=C/c4ccco4)C3)nn2)n1. The van der Waals surface area contributed by atoms with Crippen molar-refractivity contribution in [3.05, 3.63) is 42.3 Å². The van der Waals surface area contributed by atoms with E-state index in [4.69, 9.17) is 8.94 Å². The molecule has 1 aliphatic rings. The van der Waals surface area contributed by atoms with Gasteiger partial charge in [0.15, 0.2) is 11.5 Å². The number of likely N-dealkylation sites (tertiary alicyclic amines) is 1. The largest absolute Gasteiger partial charge is 0.465 e. The lowest BCUT2D eigenvalue weighted by Gasteiger charge is -2.31. The van der Waals surface area contributed by atoms with Crippen molar-refractivity contribution >= 4 is 12.0 Å². The maximum Gasteiger partial charge on any atom is 0.280 e. The van der Waals surface area contributed by atoms with E-state index in [2.05, 4.69) is 20.5 Å². The summed E-state index contributed by atoms with van der Waals surface area (Å²) in [6.45, 7) is 3.26. The van der Waals surface area contributed by atoms with E-state index in [-0.39, 0.29) is 11.9 Å². The lowest BCUT2D eigenvalue weighted by molar-refractivity contribution is -0.127.